The molecular formula is C23H34FN3O5. The Hall–Kier alpha value is -2.68. The lowest BCUT2D eigenvalue weighted by Crippen LogP contribution is -2.52. The van der Waals surface area contributed by atoms with Crippen molar-refractivity contribution >= 4 is 17.7 Å². The molecule has 0 fully saturated rings. The molecule has 0 aliphatic carbocycles. The molecule has 0 spiro atoms. The average Bonchev–Trinajstić information content (AvgIpc) is 2.77. The highest BCUT2D eigenvalue weighted by Gasteiger charge is 2.35. The number of carbonyl (C=O) groups excluding carboxylic acids is 3. The summed E-state index contributed by atoms with van der Waals surface area (Å²) in [4.78, 5) is 38.5. The van der Waals surface area contributed by atoms with Gasteiger partial charge in [0.05, 0.1) is 19.2 Å². The van der Waals surface area contributed by atoms with Gasteiger partial charge >= 0.3 is 0 Å². The van der Waals surface area contributed by atoms with Crippen LogP contribution in [0.25, 0.3) is 0 Å². The fourth-order valence-corrected chi connectivity index (χ4v) is 3.90. The number of alkyl halides is 1. The second-order valence-electron chi connectivity index (χ2n) is 8.55. The molecule has 3 atom stereocenters. The Morgan fingerprint density at radius 1 is 1.25 bits per heavy atom. The van der Waals surface area contributed by atoms with E-state index < -0.39 is 42.3 Å². The first-order valence-corrected chi connectivity index (χ1v) is 11.2. The molecule has 0 radical (unpaired) electrons. The predicted octanol–water partition coefficient (Wildman–Crippen LogP) is 2.15. The van der Waals surface area contributed by atoms with Crippen LogP contribution in [0, 0.1) is 17.8 Å². The molecular weight excluding hydrogens is 417 g/mol. The molecule has 3 amide bonds. The van der Waals surface area contributed by atoms with Crippen LogP contribution in [-0.4, -0.2) is 48.8 Å². The number of benzene rings is 1. The van der Waals surface area contributed by atoms with Gasteiger partial charge in [0.25, 0.3) is 0 Å². The van der Waals surface area contributed by atoms with Crippen LogP contribution in [0.2, 0.25) is 0 Å². The SMILES string of the molecule is CC(C)C[C@H]1C(=O)N[C@H](C(=O)NCCCF)Cc2ccc(cc2)OCCC[C@@H]1C(=O)NO. The summed E-state index contributed by atoms with van der Waals surface area (Å²) in [6.45, 7) is 3.87. The number of carbonyl (C=O) groups is 3. The van der Waals surface area contributed by atoms with Gasteiger partial charge < -0.3 is 15.4 Å². The summed E-state index contributed by atoms with van der Waals surface area (Å²) in [5.74, 6) is -2.19. The van der Waals surface area contributed by atoms with E-state index in [1.54, 1.807) is 17.6 Å². The Labute approximate surface area is 188 Å². The molecule has 0 aromatic heterocycles. The van der Waals surface area contributed by atoms with E-state index >= 15 is 0 Å². The normalized spacial score (nSPS) is 21.9. The summed E-state index contributed by atoms with van der Waals surface area (Å²) >= 11 is 0. The van der Waals surface area contributed by atoms with Gasteiger partial charge in [-0.1, -0.05) is 26.0 Å². The lowest BCUT2D eigenvalue weighted by molar-refractivity contribution is -0.142. The van der Waals surface area contributed by atoms with Crippen molar-refractivity contribution in [3.05, 3.63) is 29.8 Å². The van der Waals surface area contributed by atoms with Crippen molar-refractivity contribution in [1.82, 2.24) is 16.1 Å². The fourth-order valence-electron chi connectivity index (χ4n) is 3.90. The number of hydroxylamine groups is 1. The Morgan fingerprint density at radius 2 is 1.97 bits per heavy atom. The molecule has 2 aliphatic heterocycles. The van der Waals surface area contributed by atoms with Crippen molar-refractivity contribution in [2.24, 2.45) is 17.8 Å². The van der Waals surface area contributed by atoms with E-state index in [4.69, 9.17) is 4.74 Å². The third kappa shape index (κ3) is 7.78. The summed E-state index contributed by atoms with van der Waals surface area (Å²) in [5, 5.41) is 14.7. The van der Waals surface area contributed by atoms with Crippen LogP contribution in [-0.2, 0) is 20.8 Å². The monoisotopic (exact) mass is 451 g/mol. The molecule has 0 saturated heterocycles. The summed E-state index contributed by atoms with van der Waals surface area (Å²) in [5.41, 5.74) is 2.51. The highest BCUT2D eigenvalue weighted by atomic mass is 19.1. The lowest BCUT2D eigenvalue weighted by atomic mass is 9.81. The second-order valence-corrected chi connectivity index (χ2v) is 8.55. The van der Waals surface area contributed by atoms with Gasteiger partial charge in [-0.15, -0.1) is 0 Å². The molecule has 2 aliphatic rings. The van der Waals surface area contributed by atoms with Gasteiger partial charge in [0.1, 0.15) is 11.8 Å². The first-order chi connectivity index (χ1) is 15.3. The molecule has 2 bridgehead atoms. The Bertz CT molecular complexity index is 757. The smallest absolute Gasteiger partial charge is 0.247 e. The first kappa shape index (κ1) is 25.6. The highest BCUT2D eigenvalue weighted by Crippen LogP contribution is 2.27. The number of ether oxygens (including phenoxy) is 1. The number of amides is 3. The van der Waals surface area contributed by atoms with Crippen LogP contribution in [0.3, 0.4) is 0 Å². The maximum absolute atomic E-state index is 13.3. The van der Waals surface area contributed by atoms with E-state index in [0.717, 1.165) is 5.56 Å². The molecule has 4 N–H and O–H groups in total. The third-order valence-electron chi connectivity index (χ3n) is 5.53. The fraction of sp³-hybridized carbons (Fsp3) is 0.609. The zero-order valence-corrected chi connectivity index (χ0v) is 18.7. The van der Waals surface area contributed by atoms with Gasteiger partial charge in [-0.3, -0.25) is 24.0 Å². The Balaban J connectivity index is 2.35. The Morgan fingerprint density at radius 3 is 2.59 bits per heavy atom. The predicted molar refractivity (Wildman–Crippen MR) is 117 cm³/mol. The standard InChI is InChI=1S/C23H34FN3O5/c1-15(2)13-19-18(22(29)27-31)5-3-12-32-17-8-6-16(7-9-17)14-20(26-21(19)28)23(30)25-11-4-10-24/h6-9,15,18-20,31H,3-5,10-14H2,1-2H3,(H,25,30)(H,26,28)(H,27,29)/t18-,19+,20-/m0/s1. The number of hydrogen-bond donors (Lipinski definition) is 4. The van der Waals surface area contributed by atoms with E-state index in [-0.39, 0.29) is 25.3 Å². The number of nitrogens with one attached hydrogen (secondary N) is 3. The summed E-state index contributed by atoms with van der Waals surface area (Å²) in [6.07, 6.45) is 1.68. The van der Waals surface area contributed by atoms with Gasteiger partial charge in [-0.05, 0) is 49.3 Å². The summed E-state index contributed by atoms with van der Waals surface area (Å²) in [7, 11) is 0. The molecule has 0 saturated carbocycles. The molecule has 3 rings (SSSR count). The lowest BCUT2D eigenvalue weighted by Gasteiger charge is -2.29. The molecule has 2 heterocycles. The molecule has 178 valence electrons. The van der Waals surface area contributed by atoms with E-state index in [9.17, 15) is 24.0 Å². The van der Waals surface area contributed by atoms with Crippen molar-refractivity contribution in [2.45, 2.75) is 52.0 Å². The maximum atomic E-state index is 13.3. The van der Waals surface area contributed by atoms with E-state index in [2.05, 4.69) is 10.6 Å². The molecule has 1 aromatic carbocycles. The minimum atomic E-state index is -0.885. The van der Waals surface area contributed by atoms with Crippen molar-refractivity contribution in [1.29, 1.82) is 0 Å². The number of rotatable bonds is 7. The van der Waals surface area contributed by atoms with Crippen molar-refractivity contribution in [3.8, 4) is 5.75 Å². The quantitative estimate of drug-likeness (QED) is 0.288. The van der Waals surface area contributed by atoms with Gasteiger partial charge in [0, 0.05) is 18.9 Å². The minimum Gasteiger partial charge on any atom is -0.494 e. The van der Waals surface area contributed by atoms with Gasteiger partial charge in [-0.2, -0.15) is 0 Å². The average molecular weight is 452 g/mol. The topological polar surface area (TPSA) is 117 Å². The van der Waals surface area contributed by atoms with E-state index in [0.29, 0.717) is 31.6 Å². The molecule has 9 heteroatoms. The first-order valence-electron chi connectivity index (χ1n) is 11.2. The molecule has 0 unspecified atom stereocenters. The summed E-state index contributed by atoms with van der Waals surface area (Å²) in [6, 6.07) is 6.37. The van der Waals surface area contributed by atoms with Crippen molar-refractivity contribution in [2.75, 3.05) is 19.8 Å². The number of halogens is 1. The van der Waals surface area contributed by atoms with Crippen LogP contribution in [0.4, 0.5) is 4.39 Å². The van der Waals surface area contributed by atoms with Gasteiger partial charge in [-0.25, -0.2) is 5.48 Å². The molecule has 32 heavy (non-hydrogen) atoms. The van der Waals surface area contributed by atoms with Gasteiger partial charge in [0.2, 0.25) is 17.7 Å². The third-order valence-corrected chi connectivity index (χ3v) is 5.53. The van der Waals surface area contributed by atoms with E-state index in [1.807, 2.05) is 26.0 Å². The van der Waals surface area contributed by atoms with Crippen LogP contribution < -0.4 is 20.9 Å². The maximum Gasteiger partial charge on any atom is 0.247 e. The second kappa shape index (κ2) is 13.0. The van der Waals surface area contributed by atoms with Crippen LogP contribution in [0.15, 0.2) is 24.3 Å². The molecule has 8 nitrogen and oxygen atoms in total. The largest absolute Gasteiger partial charge is 0.494 e. The zero-order valence-electron chi connectivity index (χ0n) is 18.7. The van der Waals surface area contributed by atoms with Crippen LogP contribution in [0.5, 0.6) is 5.75 Å². The van der Waals surface area contributed by atoms with Crippen LogP contribution in [0.1, 0.15) is 45.1 Å². The van der Waals surface area contributed by atoms with Crippen LogP contribution >= 0.6 is 0 Å². The Kier molecular flexibility index (Phi) is 10.4. The zero-order chi connectivity index (χ0) is 23.5. The minimum absolute atomic E-state index is 0.110. The summed E-state index contributed by atoms with van der Waals surface area (Å²) < 4.78 is 18.2. The van der Waals surface area contributed by atoms with Gasteiger partial charge in [0.15, 0.2) is 0 Å². The van der Waals surface area contributed by atoms with E-state index in [1.165, 1.54) is 0 Å². The molecule has 1 aromatic rings. The van der Waals surface area contributed by atoms with Crippen molar-refractivity contribution in [3.63, 3.8) is 0 Å². The van der Waals surface area contributed by atoms with Crippen molar-refractivity contribution < 1.29 is 28.7 Å². The number of fused-ring (bicyclic) bond motifs is 11. The number of hydrogen-bond acceptors (Lipinski definition) is 5. The highest BCUT2D eigenvalue weighted by molar-refractivity contribution is 5.91.